The van der Waals surface area contributed by atoms with Gasteiger partial charge in [-0.1, -0.05) is 6.07 Å². The highest BCUT2D eigenvalue weighted by molar-refractivity contribution is 5.97. The van der Waals surface area contributed by atoms with E-state index in [9.17, 15) is 14.4 Å². The molecule has 0 unspecified atom stereocenters. The Morgan fingerprint density at radius 3 is 2.56 bits per heavy atom. The van der Waals surface area contributed by atoms with Gasteiger partial charge < -0.3 is 20.9 Å². The summed E-state index contributed by atoms with van der Waals surface area (Å²) in [6.07, 6.45) is 3.23. The van der Waals surface area contributed by atoms with Crippen LogP contribution in [0.4, 0.5) is 10.5 Å². The summed E-state index contributed by atoms with van der Waals surface area (Å²) < 4.78 is 0. The molecule has 7 heteroatoms. The van der Waals surface area contributed by atoms with Crippen molar-refractivity contribution < 1.29 is 14.4 Å². The summed E-state index contributed by atoms with van der Waals surface area (Å²) in [6.45, 7) is 5.49. The van der Waals surface area contributed by atoms with Gasteiger partial charge in [0.25, 0.3) is 5.91 Å². The first-order valence-electron chi connectivity index (χ1n) is 8.76. The molecule has 1 aliphatic heterocycles. The summed E-state index contributed by atoms with van der Waals surface area (Å²) in [5.74, 6) is -0.258. The van der Waals surface area contributed by atoms with E-state index >= 15 is 0 Å². The first kappa shape index (κ1) is 18.8. The van der Waals surface area contributed by atoms with Gasteiger partial charge in [0.2, 0.25) is 5.91 Å². The number of amides is 4. The van der Waals surface area contributed by atoms with Crippen molar-refractivity contribution in [1.29, 1.82) is 0 Å². The zero-order valence-electron chi connectivity index (χ0n) is 14.8. The molecule has 1 fully saturated rings. The first-order valence-corrected chi connectivity index (χ1v) is 8.76. The van der Waals surface area contributed by atoms with E-state index in [0.717, 1.165) is 32.4 Å². The largest absolute Gasteiger partial charge is 0.355 e. The Hall–Kier alpha value is -2.57. The van der Waals surface area contributed by atoms with Gasteiger partial charge in [-0.3, -0.25) is 9.59 Å². The van der Waals surface area contributed by atoms with Gasteiger partial charge in [0.1, 0.15) is 6.04 Å². The molecule has 0 radical (unpaired) electrons. The molecule has 3 N–H and O–H groups in total. The lowest BCUT2D eigenvalue weighted by Crippen LogP contribution is -2.46. The second-order valence-electron chi connectivity index (χ2n) is 6.15. The predicted octanol–water partition coefficient (Wildman–Crippen LogP) is 1.96. The molecule has 1 heterocycles. The number of rotatable bonds is 5. The summed E-state index contributed by atoms with van der Waals surface area (Å²) in [4.78, 5) is 38.0. The number of hydrogen-bond acceptors (Lipinski definition) is 3. The molecule has 1 aromatic carbocycles. The first-order chi connectivity index (χ1) is 12.0. The highest BCUT2D eigenvalue weighted by Gasteiger charge is 2.19. The molecular formula is C18H26N4O3. The Balaban J connectivity index is 1.95. The fourth-order valence-corrected chi connectivity index (χ4v) is 2.77. The van der Waals surface area contributed by atoms with Crippen molar-refractivity contribution in [2.45, 2.75) is 39.2 Å². The van der Waals surface area contributed by atoms with Crippen LogP contribution in [0, 0.1) is 0 Å². The van der Waals surface area contributed by atoms with E-state index in [-0.39, 0.29) is 11.8 Å². The number of anilines is 1. The van der Waals surface area contributed by atoms with Crippen molar-refractivity contribution in [2.24, 2.45) is 0 Å². The van der Waals surface area contributed by atoms with E-state index in [0.29, 0.717) is 17.8 Å². The van der Waals surface area contributed by atoms with Crippen LogP contribution in [0.25, 0.3) is 0 Å². The molecule has 7 nitrogen and oxygen atoms in total. The summed E-state index contributed by atoms with van der Waals surface area (Å²) in [5, 5.41) is 7.88. The number of likely N-dealkylation sites (N-methyl/N-ethyl adjacent to an activating group) is 1. The molecule has 1 aliphatic rings. The molecule has 1 aromatic rings. The van der Waals surface area contributed by atoms with E-state index in [1.807, 2.05) is 11.8 Å². The predicted molar refractivity (Wildman–Crippen MR) is 96.5 cm³/mol. The Morgan fingerprint density at radius 1 is 1.16 bits per heavy atom. The fraction of sp³-hybridized carbons (Fsp3) is 0.500. The van der Waals surface area contributed by atoms with Crippen molar-refractivity contribution in [3.05, 3.63) is 29.8 Å². The normalized spacial score (nSPS) is 15.2. The number of nitrogens with one attached hydrogen (secondary N) is 3. The maximum Gasteiger partial charge on any atom is 0.319 e. The summed E-state index contributed by atoms with van der Waals surface area (Å²) in [7, 11) is 0. The third-order valence-corrected chi connectivity index (χ3v) is 4.10. The molecular weight excluding hydrogens is 320 g/mol. The van der Waals surface area contributed by atoms with Gasteiger partial charge in [-0.15, -0.1) is 0 Å². The molecule has 4 amide bonds. The number of carbonyl (C=O) groups excluding carboxylic acids is 3. The smallest absolute Gasteiger partial charge is 0.319 e. The number of nitrogens with zero attached hydrogens (tertiary/aromatic N) is 1. The Labute approximate surface area is 148 Å². The van der Waals surface area contributed by atoms with Crippen LogP contribution in [-0.2, 0) is 4.79 Å². The SMILES string of the molecule is CCNC(=O)[C@@H](C)NC(=O)Nc1cccc(C(=O)N2CCCCC2)c1. The molecule has 0 saturated carbocycles. The van der Waals surface area contributed by atoms with E-state index < -0.39 is 12.1 Å². The van der Waals surface area contributed by atoms with Crippen LogP contribution in [0.15, 0.2) is 24.3 Å². The highest BCUT2D eigenvalue weighted by atomic mass is 16.2. The average Bonchev–Trinajstić information content (AvgIpc) is 2.62. The van der Waals surface area contributed by atoms with Gasteiger partial charge in [-0.2, -0.15) is 0 Å². The number of urea groups is 1. The maximum absolute atomic E-state index is 12.5. The van der Waals surface area contributed by atoms with Crippen molar-refractivity contribution in [2.75, 3.05) is 25.0 Å². The number of carbonyl (C=O) groups is 3. The molecule has 25 heavy (non-hydrogen) atoms. The van der Waals surface area contributed by atoms with Gasteiger partial charge in [-0.05, 0) is 51.3 Å². The third-order valence-electron chi connectivity index (χ3n) is 4.10. The maximum atomic E-state index is 12.5. The lowest BCUT2D eigenvalue weighted by Gasteiger charge is -2.26. The summed E-state index contributed by atoms with van der Waals surface area (Å²) in [5.41, 5.74) is 1.07. The van der Waals surface area contributed by atoms with Crippen LogP contribution in [0.3, 0.4) is 0 Å². The van der Waals surface area contributed by atoms with Crippen LogP contribution >= 0.6 is 0 Å². The van der Waals surface area contributed by atoms with Gasteiger partial charge >= 0.3 is 6.03 Å². The molecule has 0 aliphatic carbocycles. The van der Waals surface area contributed by atoms with E-state index in [1.54, 1.807) is 31.2 Å². The molecule has 1 saturated heterocycles. The fourth-order valence-electron chi connectivity index (χ4n) is 2.77. The summed E-state index contributed by atoms with van der Waals surface area (Å²) >= 11 is 0. The quantitative estimate of drug-likeness (QED) is 0.761. The number of likely N-dealkylation sites (tertiary alicyclic amines) is 1. The Bertz CT molecular complexity index is 627. The Kier molecular flexibility index (Phi) is 6.80. The number of benzene rings is 1. The highest BCUT2D eigenvalue weighted by Crippen LogP contribution is 2.16. The van der Waals surface area contributed by atoms with Crippen LogP contribution in [0.5, 0.6) is 0 Å². The molecule has 2 rings (SSSR count). The minimum absolute atomic E-state index is 0.0144. The molecule has 0 spiro atoms. The zero-order chi connectivity index (χ0) is 18.2. The molecule has 1 atom stereocenters. The summed E-state index contributed by atoms with van der Waals surface area (Å²) in [6, 6.07) is 5.73. The zero-order valence-corrected chi connectivity index (χ0v) is 14.8. The Morgan fingerprint density at radius 2 is 1.88 bits per heavy atom. The van der Waals surface area contributed by atoms with Crippen LogP contribution in [-0.4, -0.2) is 48.4 Å². The second kappa shape index (κ2) is 9.05. The van der Waals surface area contributed by atoms with Gasteiger partial charge in [-0.25, -0.2) is 4.79 Å². The minimum atomic E-state index is -0.641. The van der Waals surface area contributed by atoms with E-state index in [4.69, 9.17) is 0 Å². The lowest BCUT2D eigenvalue weighted by molar-refractivity contribution is -0.122. The minimum Gasteiger partial charge on any atom is -0.355 e. The van der Waals surface area contributed by atoms with Gasteiger partial charge in [0.05, 0.1) is 0 Å². The number of hydrogen-bond donors (Lipinski definition) is 3. The molecule has 0 bridgehead atoms. The van der Waals surface area contributed by atoms with Crippen molar-refractivity contribution in [3.63, 3.8) is 0 Å². The molecule has 0 aromatic heterocycles. The van der Waals surface area contributed by atoms with E-state index in [1.165, 1.54) is 0 Å². The van der Waals surface area contributed by atoms with Gasteiger partial charge in [0, 0.05) is 30.9 Å². The third kappa shape index (κ3) is 5.48. The van der Waals surface area contributed by atoms with Crippen molar-refractivity contribution >= 4 is 23.5 Å². The van der Waals surface area contributed by atoms with Crippen LogP contribution in [0.1, 0.15) is 43.5 Å². The van der Waals surface area contributed by atoms with Crippen molar-refractivity contribution in [1.82, 2.24) is 15.5 Å². The average molecular weight is 346 g/mol. The van der Waals surface area contributed by atoms with Gasteiger partial charge in [0.15, 0.2) is 0 Å². The second-order valence-corrected chi connectivity index (χ2v) is 6.15. The molecule has 136 valence electrons. The number of piperidine rings is 1. The van der Waals surface area contributed by atoms with Crippen molar-refractivity contribution in [3.8, 4) is 0 Å². The lowest BCUT2D eigenvalue weighted by atomic mass is 10.1. The van der Waals surface area contributed by atoms with Crippen LogP contribution < -0.4 is 16.0 Å². The van der Waals surface area contributed by atoms with Crippen LogP contribution in [0.2, 0.25) is 0 Å². The standard InChI is InChI=1S/C18H26N4O3/c1-3-19-16(23)13(2)20-18(25)21-15-9-7-8-14(12-15)17(24)22-10-5-4-6-11-22/h7-9,12-13H,3-6,10-11H2,1-2H3,(H,19,23)(H2,20,21,25)/t13-/m1/s1. The topological polar surface area (TPSA) is 90.5 Å². The monoisotopic (exact) mass is 346 g/mol. The van der Waals surface area contributed by atoms with E-state index in [2.05, 4.69) is 16.0 Å².